The molecule has 0 aliphatic rings. The maximum absolute atomic E-state index is 11.2. The van der Waals surface area contributed by atoms with Gasteiger partial charge in [0.1, 0.15) is 0 Å². The molecular formula is C13H27NO2. The lowest BCUT2D eigenvalue weighted by Crippen LogP contribution is -2.16. The van der Waals surface area contributed by atoms with E-state index in [0.717, 1.165) is 25.9 Å². The van der Waals surface area contributed by atoms with E-state index < -0.39 is 0 Å². The summed E-state index contributed by atoms with van der Waals surface area (Å²) in [6.07, 6.45) is 5.01. The molecule has 0 saturated heterocycles. The molecule has 0 aromatic heterocycles. The minimum absolute atomic E-state index is 0.0564. The van der Waals surface area contributed by atoms with Gasteiger partial charge in [0, 0.05) is 6.42 Å². The van der Waals surface area contributed by atoms with Gasteiger partial charge in [0.2, 0.25) is 0 Å². The fourth-order valence-electron chi connectivity index (χ4n) is 1.41. The minimum atomic E-state index is -0.0564. The van der Waals surface area contributed by atoms with E-state index in [4.69, 9.17) is 4.74 Å². The summed E-state index contributed by atoms with van der Waals surface area (Å²) in [7, 11) is 0. The van der Waals surface area contributed by atoms with Crippen LogP contribution in [-0.2, 0) is 9.53 Å². The van der Waals surface area contributed by atoms with Crippen LogP contribution in [0.2, 0.25) is 0 Å². The van der Waals surface area contributed by atoms with E-state index in [9.17, 15) is 4.79 Å². The molecule has 0 aromatic carbocycles. The van der Waals surface area contributed by atoms with E-state index in [1.54, 1.807) is 0 Å². The SMILES string of the molecule is CCCNCCCCCOC(=O)CC(C)C. The molecule has 3 heteroatoms. The van der Waals surface area contributed by atoms with Crippen molar-refractivity contribution >= 4 is 5.97 Å². The number of hydrogen-bond acceptors (Lipinski definition) is 3. The molecule has 0 saturated carbocycles. The third kappa shape index (κ3) is 11.5. The highest BCUT2D eigenvalue weighted by Crippen LogP contribution is 2.02. The van der Waals surface area contributed by atoms with Gasteiger partial charge in [0.05, 0.1) is 6.61 Å². The predicted molar refractivity (Wildman–Crippen MR) is 67.4 cm³/mol. The van der Waals surface area contributed by atoms with Crippen LogP contribution < -0.4 is 5.32 Å². The third-order valence-corrected chi connectivity index (χ3v) is 2.26. The van der Waals surface area contributed by atoms with Crippen molar-refractivity contribution in [1.29, 1.82) is 0 Å². The van der Waals surface area contributed by atoms with E-state index >= 15 is 0 Å². The maximum atomic E-state index is 11.2. The van der Waals surface area contributed by atoms with E-state index in [1.807, 2.05) is 13.8 Å². The Morgan fingerprint density at radius 3 is 2.56 bits per heavy atom. The summed E-state index contributed by atoms with van der Waals surface area (Å²) in [5.74, 6) is 0.338. The van der Waals surface area contributed by atoms with Gasteiger partial charge in [-0.1, -0.05) is 20.8 Å². The van der Waals surface area contributed by atoms with Crippen molar-refractivity contribution in [1.82, 2.24) is 5.32 Å². The van der Waals surface area contributed by atoms with Crippen LogP contribution in [0.1, 0.15) is 52.9 Å². The highest BCUT2D eigenvalue weighted by molar-refractivity contribution is 5.69. The molecule has 0 rings (SSSR count). The molecule has 0 radical (unpaired) electrons. The zero-order valence-electron chi connectivity index (χ0n) is 11.1. The van der Waals surface area contributed by atoms with Crippen molar-refractivity contribution in [2.45, 2.75) is 52.9 Å². The van der Waals surface area contributed by atoms with Gasteiger partial charge < -0.3 is 10.1 Å². The molecule has 1 N–H and O–H groups in total. The topological polar surface area (TPSA) is 38.3 Å². The van der Waals surface area contributed by atoms with Crippen LogP contribution in [0.5, 0.6) is 0 Å². The molecule has 0 bridgehead atoms. The van der Waals surface area contributed by atoms with Crippen molar-refractivity contribution in [3.05, 3.63) is 0 Å². The van der Waals surface area contributed by atoms with Crippen LogP contribution in [0.25, 0.3) is 0 Å². The van der Waals surface area contributed by atoms with Crippen LogP contribution >= 0.6 is 0 Å². The normalized spacial score (nSPS) is 10.8. The Bertz CT molecular complexity index is 169. The Morgan fingerprint density at radius 2 is 1.94 bits per heavy atom. The molecule has 0 heterocycles. The summed E-state index contributed by atoms with van der Waals surface area (Å²) >= 11 is 0. The molecule has 16 heavy (non-hydrogen) atoms. The smallest absolute Gasteiger partial charge is 0.306 e. The second kappa shape index (κ2) is 10.9. The largest absolute Gasteiger partial charge is 0.466 e. The predicted octanol–water partition coefficient (Wildman–Crippen LogP) is 2.75. The van der Waals surface area contributed by atoms with Gasteiger partial charge >= 0.3 is 5.97 Å². The van der Waals surface area contributed by atoms with Gasteiger partial charge in [-0.3, -0.25) is 4.79 Å². The Balaban J connectivity index is 3.11. The Morgan fingerprint density at radius 1 is 1.19 bits per heavy atom. The zero-order valence-corrected chi connectivity index (χ0v) is 11.1. The molecule has 3 nitrogen and oxygen atoms in total. The van der Waals surface area contributed by atoms with Crippen molar-refractivity contribution < 1.29 is 9.53 Å². The first-order valence-electron chi connectivity index (χ1n) is 6.53. The van der Waals surface area contributed by atoms with E-state index in [-0.39, 0.29) is 5.97 Å². The number of rotatable bonds is 10. The number of esters is 1. The lowest BCUT2D eigenvalue weighted by molar-refractivity contribution is -0.144. The van der Waals surface area contributed by atoms with Gasteiger partial charge in [0.25, 0.3) is 0 Å². The number of unbranched alkanes of at least 4 members (excludes halogenated alkanes) is 2. The fraction of sp³-hybridized carbons (Fsp3) is 0.923. The molecule has 0 unspecified atom stereocenters. The molecule has 0 fully saturated rings. The van der Waals surface area contributed by atoms with Gasteiger partial charge in [0.15, 0.2) is 0 Å². The van der Waals surface area contributed by atoms with Crippen molar-refractivity contribution in [2.75, 3.05) is 19.7 Å². The van der Waals surface area contributed by atoms with E-state index in [0.29, 0.717) is 18.9 Å². The first-order chi connectivity index (χ1) is 7.66. The molecule has 0 amide bonds. The first kappa shape index (κ1) is 15.4. The standard InChI is InChI=1S/C13H27NO2/c1-4-8-14-9-6-5-7-10-16-13(15)11-12(2)3/h12,14H,4-11H2,1-3H3. The van der Waals surface area contributed by atoms with Crippen molar-refractivity contribution in [2.24, 2.45) is 5.92 Å². The summed E-state index contributed by atoms with van der Waals surface area (Å²) in [6.45, 7) is 8.99. The molecule has 0 atom stereocenters. The van der Waals surface area contributed by atoms with Crippen LogP contribution in [0.3, 0.4) is 0 Å². The zero-order chi connectivity index (χ0) is 12.2. The van der Waals surface area contributed by atoms with Crippen LogP contribution in [0.15, 0.2) is 0 Å². The number of carbonyl (C=O) groups excluding carboxylic acids is 1. The van der Waals surface area contributed by atoms with E-state index in [1.165, 1.54) is 12.8 Å². The van der Waals surface area contributed by atoms with Gasteiger partial charge in [-0.25, -0.2) is 0 Å². The third-order valence-electron chi connectivity index (χ3n) is 2.26. The molecular weight excluding hydrogens is 202 g/mol. The van der Waals surface area contributed by atoms with Crippen LogP contribution in [0.4, 0.5) is 0 Å². The summed E-state index contributed by atoms with van der Waals surface area (Å²) in [5.41, 5.74) is 0. The number of ether oxygens (including phenoxy) is 1. The fourth-order valence-corrected chi connectivity index (χ4v) is 1.41. The molecule has 0 aromatic rings. The van der Waals surface area contributed by atoms with E-state index in [2.05, 4.69) is 12.2 Å². The second-order valence-electron chi connectivity index (χ2n) is 4.63. The van der Waals surface area contributed by atoms with Crippen molar-refractivity contribution in [3.8, 4) is 0 Å². The average molecular weight is 229 g/mol. The van der Waals surface area contributed by atoms with Crippen molar-refractivity contribution in [3.63, 3.8) is 0 Å². The Kier molecular flexibility index (Phi) is 10.5. The average Bonchev–Trinajstić information content (AvgIpc) is 2.21. The molecule has 0 spiro atoms. The highest BCUT2D eigenvalue weighted by atomic mass is 16.5. The van der Waals surface area contributed by atoms with Crippen LogP contribution in [-0.4, -0.2) is 25.7 Å². The number of carbonyl (C=O) groups is 1. The lowest BCUT2D eigenvalue weighted by Gasteiger charge is -2.06. The summed E-state index contributed by atoms with van der Waals surface area (Å²) in [4.78, 5) is 11.2. The monoisotopic (exact) mass is 229 g/mol. The first-order valence-corrected chi connectivity index (χ1v) is 6.53. The summed E-state index contributed by atoms with van der Waals surface area (Å²) in [5, 5.41) is 3.35. The van der Waals surface area contributed by atoms with Crippen LogP contribution in [0, 0.1) is 5.92 Å². The molecule has 0 aliphatic carbocycles. The highest BCUT2D eigenvalue weighted by Gasteiger charge is 2.04. The Labute approximate surface area is 99.9 Å². The quantitative estimate of drug-likeness (QED) is 0.462. The molecule has 96 valence electrons. The summed E-state index contributed by atoms with van der Waals surface area (Å²) < 4.78 is 5.12. The maximum Gasteiger partial charge on any atom is 0.306 e. The van der Waals surface area contributed by atoms with Gasteiger partial charge in [-0.05, 0) is 44.7 Å². The Hall–Kier alpha value is -0.570. The second-order valence-corrected chi connectivity index (χ2v) is 4.63. The van der Waals surface area contributed by atoms with Gasteiger partial charge in [-0.15, -0.1) is 0 Å². The number of hydrogen-bond donors (Lipinski definition) is 1. The number of nitrogens with one attached hydrogen (secondary N) is 1. The van der Waals surface area contributed by atoms with Gasteiger partial charge in [-0.2, -0.15) is 0 Å². The minimum Gasteiger partial charge on any atom is -0.466 e. The molecule has 0 aliphatic heterocycles. The summed E-state index contributed by atoms with van der Waals surface area (Å²) in [6, 6.07) is 0. The lowest BCUT2D eigenvalue weighted by atomic mass is 10.1.